The average molecular weight is 165 g/mol. The first-order chi connectivity index (χ1) is 6.54. The van der Waals surface area contributed by atoms with E-state index in [4.69, 9.17) is 47.1 Å². The molecule has 0 aromatic heterocycles. The molecule has 0 unspecified atom stereocenters. The van der Waals surface area contributed by atoms with Crippen molar-refractivity contribution in [3.63, 3.8) is 0 Å². The van der Waals surface area contributed by atoms with Crippen molar-refractivity contribution in [3.8, 4) is 0 Å². The van der Waals surface area contributed by atoms with Gasteiger partial charge in [-0.3, -0.25) is 0 Å². The predicted octanol–water partition coefficient (Wildman–Crippen LogP) is -0.433. The Morgan fingerprint density at radius 3 is 1.29 bits per heavy atom. The minimum Gasteiger partial charge on any atom is -0.152 e. The lowest BCUT2D eigenvalue weighted by molar-refractivity contribution is 1.58. The Kier molecular flexibility index (Phi) is 3.69. The van der Waals surface area contributed by atoms with Crippen molar-refractivity contribution in [2.75, 3.05) is 0 Å². The standard InChI is InChI=1S/C8H4B6/c9-1-3(11)5-6(4(12)2-10)7(5)8(13)14/h1-2H2/b5-3-,6-4-. The fraction of sp³-hybridized carbons (Fsp3) is 0.250. The summed E-state index contributed by atoms with van der Waals surface area (Å²) < 4.78 is 0. The molecule has 0 heterocycles. The molecule has 0 aromatic rings. The van der Waals surface area contributed by atoms with Crippen LogP contribution in [0.25, 0.3) is 0 Å². The lowest BCUT2D eigenvalue weighted by Crippen LogP contribution is -1.81. The van der Waals surface area contributed by atoms with Gasteiger partial charge in [-0.25, -0.2) is 0 Å². The van der Waals surface area contributed by atoms with Crippen LogP contribution in [0.4, 0.5) is 0 Å². The summed E-state index contributed by atoms with van der Waals surface area (Å²) in [7, 11) is 33.1. The molecule has 1 aliphatic carbocycles. The highest BCUT2D eigenvalue weighted by molar-refractivity contribution is 6.50. The van der Waals surface area contributed by atoms with Crippen LogP contribution < -0.4 is 0 Å². The van der Waals surface area contributed by atoms with Gasteiger partial charge in [0.1, 0.15) is 15.7 Å². The van der Waals surface area contributed by atoms with E-state index in [1.807, 2.05) is 0 Å². The van der Waals surface area contributed by atoms with Crippen molar-refractivity contribution in [3.05, 3.63) is 33.0 Å². The van der Waals surface area contributed by atoms with Crippen LogP contribution in [0.3, 0.4) is 0 Å². The van der Waals surface area contributed by atoms with E-state index in [2.05, 4.69) is 0 Å². The molecule has 0 aromatic carbocycles. The molecule has 0 N–H and O–H groups in total. The molecule has 0 spiro atoms. The Hall–Kier alpha value is -0.390. The van der Waals surface area contributed by atoms with Gasteiger partial charge in [0.25, 0.3) is 0 Å². The molecular formula is C8H4B6. The van der Waals surface area contributed by atoms with Crippen LogP contribution in [0, 0.1) is 0 Å². The number of hydrogen-bond donors (Lipinski definition) is 0. The van der Waals surface area contributed by atoms with Gasteiger partial charge in [-0.2, -0.15) is 5.37 Å². The van der Waals surface area contributed by atoms with Gasteiger partial charge in [0.2, 0.25) is 0 Å². The highest BCUT2D eigenvalue weighted by Gasteiger charge is 2.31. The molecule has 6 heteroatoms. The third kappa shape index (κ3) is 1.99. The van der Waals surface area contributed by atoms with E-state index in [1.165, 1.54) is 0 Å². The Morgan fingerprint density at radius 2 is 1.07 bits per heavy atom. The van der Waals surface area contributed by atoms with Crippen molar-refractivity contribution < 1.29 is 0 Å². The summed E-state index contributed by atoms with van der Waals surface area (Å²) >= 11 is 0. The van der Waals surface area contributed by atoms with E-state index in [9.17, 15) is 0 Å². The average Bonchev–Trinajstić information content (AvgIpc) is 2.90. The molecular weight excluding hydrogens is 161 g/mol. The second-order valence-corrected chi connectivity index (χ2v) is 3.04. The van der Waals surface area contributed by atoms with E-state index >= 15 is 0 Å². The van der Waals surface area contributed by atoms with Gasteiger partial charge >= 0.3 is 0 Å². The molecule has 14 heavy (non-hydrogen) atoms. The van der Waals surface area contributed by atoms with Gasteiger partial charge in [0.15, 0.2) is 0 Å². The largest absolute Gasteiger partial charge is 0.152 e. The van der Waals surface area contributed by atoms with E-state index in [0.717, 1.165) is 11.1 Å². The zero-order valence-electron chi connectivity index (χ0n) is 7.88. The fourth-order valence-electron chi connectivity index (χ4n) is 1.32. The maximum atomic E-state index is 5.67. The first-order valence-electron chi connectivity index (χ1n) is 4.18. The minimum absolute atomic E-state index is 0.197. The number of hydrogen-bond acceptors (Lipinski definition) is 0. The van der Waals surface area contributed by atoms with Gasteiger partial charge in [0, 0.05) is 0 Å². The molecule has 0 nitrogen and oxygen atoms in total. The van der Waals surface area contributed by atoms with Crippen molar-refractivity contribution >= 4 is 47.1 Å². The van der Waals surface area contributed by atoms with E-state index < -0.39 is 0 Å². The van der Waals surface area contributed by atoms with E-state index in [0.29, 0.717) is 16.5 Å². The van der Waals surface area contributed by atoms with Gasteiger partial charge < -0.3 is 0 Å². The lowest BCUT2D eigenvalue weighted by atomic mass is 9.76. The summed E-state index contributed by atoms with van der Waals surface area (Å²) in [6, 6.07) is 0. The second kappa shape index (κ2) is 4.42. The summed E-state index contributed by atoms with van der Waals surface area (Å²) in [6.45, 7) is 0. The van der Waals surface area contributed by atoms with Crippen molar-refractivity contribution in [2.24, 2.45) is 0 Å². The third-order valence-electron chi connectivity index (χ3n) is 2.06. The topological polar surface area (TPSA) is 0 Å². The van der Waals surface area contributed by atoms with Crippen LogP contribution in [0.5, 0.6) is 0 Å². The Morgan fingerprint density at radius 1 is 0.714 bits per heavy atom. The summed E-state index contributed by atoms with van der Waals surface area (Å²) in [5.41, 5.74) is 3.27. The highest BCUT2D eigenvalue weighted by Crippen LogP contribution is 2.49. The molecule has 0 saturated heterocycles. The van der Waals surface area contributed by atoms with Crippen molar-refractivity contribution in [2.45, 2.75) is 12.6 Å². The quantitative estimate of drug-likeness (QED) is 0.487. The highest BCUT2D eigenvalue weighted by atomic mass is 14.3. The molecule has 1 fully saturated rings. The molecule has 0 amide bonds. The number of rotatable bonds is 2. The predicted molar refractivity (Wildman–Crippen MR) is 65.2 cm³/mol. The van der Waals surface area contributed by atoms with Gasteiger partial charge in [0.05, 0.1) is 31.4 Å². The number of allylic oxidation sites excluding steroid dienone is 5. The first kappa shape index (κ1) is 11.7. The van der Waals surface area contributed by atoms with Crippen molar-refractivity contribution in [1.82, 2.24) is 0 Å². The zero-order valence-corrected chi connectivity index (χ0v) is 7.88. The van der Waals surface area contributed by atoms with E-state index in [1.54, 1.807) is 0 Å². The van der Waals surface area contributed by atoms with Gasteiger partial charge in [-0.05, 0) is 16.7 Å². The lowest BCUT2D eigenvalue weighted by Gasteiger charge is -1.92. The van der Waals surface area contributed by atoms with Crippen LogP contribution in [0.1, 0.15) is 0 Å². The molecule has 1 saturated carbocycles. The first-order valence-corrected chi connectivity index (χ1v) is 4.18. The van der Waals surface area contributed by atoms with Crippen molar-refractivity contribution in [1.29, 1.82) is 0 Å². The Balaban J connectivity index is 3.23. The second-order valence-electron chi connectivity index (χ2n) is 3.04. The maximum absolute atomic E-state index is 5.67. The summed E-state index contributed by atoms with van der Waals surface area (Å²) in [5.74, 6) is 0. The molecule has 0 aliphatic heterocycles. The third-order valence-corrected chi connectivity index (χ3v) is 2.06. The van der Waals surface area contributed by atoms with Crippen LogP contribution in [-0.2, 0) is 0 Å². The van der Waals surface area contributed by atoms with E-state index in [-0.39, 0.29) is 18.0 Å². The monoisotopic (exact) mass is 166 g/mol. The van der Waals surface area contributed by atoms with Gasteiger partial charge in [-0.1, -0.05) is 12.6 Å². The van der Waals surface area contributed by atoms with Gasteiger partial charge in [-0.15, -0.1) is 10.9 Å². The van der Waals surface area contributed by atoms with Crippen LogP contribution >= 0.6 is 0 Å². The minimum atomic E-state index is 0.197. The Labute approximate surface area is 93.1 Å². The summed E-state index contributed by atoms with van der Waals surface area (Å²) in [5, 5.41) is 0.197. The fourth-order valence-corrected chi connectivity index (χ4v) is 1.32. The smallest absolute Gasteiger partial charge is 0.107 e. The molecule has 0 atom stereocenters. The molecule has 0 bridgehead atoms. The molecule has 54 valence electrons. The van der Waals surface area contributed by atoms with Crippen LogP contribution in [-0.4, -0.2) is 47.1 Å². The normalized spacial score (nSPS) is 21.9. The maximum Gasteiger partial charge on any atom is 0.107 e. The molecule has 1 aliphatic rings. The molecule has 1 rings (SSSR count). The van der Waals surface area contributed by atoms with Crippen LogP contribution in [0.15, 0.2) is 33.0 Å². The van der Waals surface area contributed by atoms with Crippen LogP contribution in [0.2, 0.25) is 12.6 Å². The zero-order chi connectivity index (χ0) is 10.9. The molecule has 12 radical (unpaired) electrons. The summed E-state index contributed by atoms with van der Waals surface area (Å²) in [4.78, 5) is 0. The SMILES string of the molecule is [B]C/C([B])=C1/C(=C([B])[B])/C1=C(\[B])C[B]. The summed E-state index contributed by atoms with van der Waals surface area (Å²) in [6.07, 6.45) is 0.487. The Bertz CT molecular complexity index is 317.